The smallest absolute Gasteiger partial charge is 0.305 e. The van der Waals surface area contributed by atoms with Gasteiger partial charge in [0.05, 0.1) is 18.5 Å². The lowest BCUT2D eigenvalue weighted by Crippen LogP contribution is -2.06. The van der Waals surface area contributed by atoms with Gasteiger partial charge < -0.3 is 9.84 Å². The molecule has 1 aromatic rings. The second-order valence-electron chi connectivity index (χ2n) is 4.71. The van der Waals surface area contributed by atoms with Crippen molar-refractivity contribution in [3.8, 4) is 0 Å². The highest BCUT2D eigenvalue weighted by atomic mass is 16.5. The minimum atomic E-state index is -0.184. The van der Waals surface area contributed by atoms with Crippen LogP contribution in [0.1, 0.15) is 49.4 Å². The van der Waals surface area contributed by atoms with Gasteiger partial charge in [0.1, 0.15) is 0 Å². The number of aliphatic hydroxyl groups excluding tert-OH is 1. The number of methoxy groups -OCH3 is 1. The topological polar surface area (TPSA) is 77.2 Å². The third kappa shape index (κ3) is 4.63. The van der Waals surface area contributed by atoms with Gasteiger partial charge in [0, 0.05) is 26.0 Å². The van der Waals surface area contributed by atoms with Gasteiger partial charge >= 0.3 is 5.97 Å². The van der Waals surface area contributed by atoms with Crippen molar-refractivity contribution >= 4 is 5.97 Å². The molecule has 0 aliphatic carbocycles. The zero-order chi connectivity index (χ0) is 14.3. The summed E-state index contributed by atoms with van der Waals surface area (Å²) in [5.74, 6) is 0.0577. The maximum atomic E-state index is 11.1. The number of aliphatic hydroxyl groups is 1. The van der Waals surface area contributed by atoms with Gasteiger partial charge in [-0.25, -0.2) is 0 Å². The molecule has 1 N–H and O–H groups in total. The van der Waals surface area contributed by atoms with E-state index < -0.39 is 0 Å². The first-order chi connectivity index (χ1) is 9.10. The molecule has 6 nitrogen and oxygen atoms in total. The van der Waals surface area contributed by atoms with Crippen LogP contribution in [-0.4, -0.2) is 39.8 Å². The quantitative estimate of drug-likeness (QED) is 0.720. The molecular formula is C13H23N3O3. The average molecular weight is 269 g/mol. The van der Waals surface area contributed by atoms with Crippen molar-refractivity contribution in [3.05, 3.63) is 11.4 Å². The first kappa shape index (κ1) is 15.6. The molecule has 6 heteroatoms. The number of hydrogen-bond acceptors (Lipinski definition) is 5. The van der Waals surface area contributed by atoms with E-state index in [4.69, 9.17) is 5.11 Å². The zero-order valence-electron chi connectivity index (χ0n) is 11.9. The number of carbonyl (C=O) groups is 1. The highest BCUT2D eigenvalue weighted by Crippen LogP contribution is 2.27. The van der Waals surface area contributed by atoms with Gasteiger partial charge in [-0.15, -0.1) is 5.10 Å². The SMILES string of the molecule is COC(=O)CCCC(CCCO)c1nnn(C)c1C. The maximum Gasteiger partial charge on any atom is 0.305 e. The van der Waals surface area contributed by atoms with Gasteiger partial charge in [0.2, 0.25) is 0 Å². The van der Waals surface area contributed by atoms with Crippen LogP contribution in [0.4, 0.5) is 0 Å². The summed E-state index contributed by atoms with van der Waals surface area (Å²) in [5, 5.41) is 17.2. The van der Waals surface area contributed by atoms with Crippen LogP contribution in [0.3, 0.4) is 0 Å². The molecule has 0 radical (unpaired) electrons. The lowest BCUT2D eigenvalue weighted by atomic mass is 9.92. The Morgan fingerprint density at radius 2 is 2.11 bits per heavy atom. The molecule has 0 amide bonds. The summed E-state index contributed by atoms with van der Waals surface area (Å²) in [4.78, 5) is 11.1. The predicted octanol–water partition coefficient (Wildman–Crippen LogP) is 1.32. The molecule has 1 rings (SSSR count). The van der Waals surface area contributed by atoms with Crippen LogP contribution in [-0.2, 0) is 16.6 Å². The molecular weight excluding hydrogens is 246 g/mol. The fourth-order valence-electron chi connectivity index (χ4n) is 2.15. The van der Waals surface area contributed by atoms with E-state index in [-0.39, 0.29) is 18.5 Å². The highest BCUT2D eigenvalue weighted by molar-refractivity contribution is 5.68. The third-order valence-corrected chi connectivity index (χ3v) is 3.40. The molecule has 0 spiro atoms. The second-order valence-corrected chi connectivity index (χ2v) is 4.71. The Kier molecular flexibility index (Phi) is 6.49. The van der Waals surface area contributed by atoms with Crippen molar-refractivity contribution in [1.82, 2.24) is 15.0 Å². The van der Waals surface area contributed by atoms with Crippen molar-refractivity contribution in [3.63, 3.8) is 0 Å². The molecule has 1 heterocycles. The molecule has 0 aliphatic rings. The van der Waals surface area contributed by atoms with E-state index in [9.17, 15) is 4.79 Å². The van der Waals surface area contributed by atoms with E-state index in [2.05, 4.69) is 15.0 Å². The van der Waals surface area contributed by atoms with E-state index >= 15 is 0 Å². The largest absolute Gasteiger partial charge is 0.469 e. The molecule has 108 valence electrons. The molecule has 0 fully saturated rings. The number of nitrogens with zero attached hydrogens (tertiary/aromatic N) is 3. The van der Waals surface area contributed by atoms with E-state index in [0.717, 1.165) is 37.1 Å². The van der Waals surface area contributed by atoms with Gasteiger partial charge in [-0.1, -0.05) is 5.21 Å². The lowest BCUT2D eigenvalue weighted by molar-refractivity contribution is -0.140. The molecule has 1 aromatic heterocycles. The Hall–Kier alpha value is -1.43. The van der Waals surface area contributed by atoms with E-state index in [0.29, 0.717) is 6.42 Å². The number of rotatable bonds is 8. The first-order valence-corrected chi connectivity index (χ1v) is 6.64. The molecule has 1 unspecified atom stereocenters. The third-order valence-electron chi connectivity index (χ3n) is 3.40. The summed E-state index contributed by atoms with van der Waals surface area (Å²) in [5.41, 5.74) is 2.02. The maximum absolute atomic E-state index is 11.1. The fourth-order valence-corrected chi connectivity index (χ4v) is 2.15. The summed E-state index contributed by atoms with van der Waals surface area (Å²) in [6, 6.07) is 0. The van der Waals surface area contributed by atoms with Gasteiger partial charge in [-0.2, -0.15) is 0 Å². The van der Waals surface area contributed by atoms with Crippen LogP contribution in [0.2, 0.25) is 0 Å². The number of hydrogen-bond donors (Lipinski definition) is 1. The van der Waals surface area contributed by atoms with E-state index in [1.807, 2.05) is 14.0 Å². The molecule has 1 atom stereocenters. The summed E-state index contributed by atoms with van der Waals surface area (Å²) in [6.45, 7) is 2.16. The van der Waals surface area contributed by atoms with Crippen LogP contribution >= 0.6 is 0 Å². The van der Waals surface area contributed by atoms with Crippen LogP contribution in [0.25, 0.3) is 0 Å². The number of ether oxygens (including phenoxy) is 1. The molecule has 0 aliphatic heterocycles. The van der Waals surface area contributed by atoms with Crippen LogP contribution in [0, 0.1) is 6.92 Å². The predicted molar refractivity (Wildman–Crippen MR) is 70.7 cm³/mol. The number of carbonyl (C=O) groups excluding carboxylic acids is 1. The van der Waals surface area contributed by atoms with Crippen molar-refractivity contribution in [2.75, 3.05) is 13.7 Å². The fraction of sp³-hybridized carbons (Fsp3) is 0.769. The number of aryl methyl sites for hydroxylation is 1. The first-order valence-electron chi connectivity index (χ1n) is 6.64. The Morgan fingerprint density at radius 3 is 2.63 bits per heavy atom. The van der Waals surface area contributed by atoms with Crippen LogP contribution in [0.5, 0.6) is 0 Å². The average Bonchev–Trinajstić information content (AvgIpc) is 2.74. The Labute approximate surface area is 113 Å². The van der Waals surface area contributed by atoms with Crippen LogP contribution in [0.15, 0.2) is 0 Å². The standard InChI is InChI=1S/C13H23N3O3/c1-10-13(14-15-16(10)2)11(7-5-9-17)6-4-8-12(18)19-3/h11,17H,4-9H2,1-3H3. The molecule has 0 saturated heterocycles. The van der Waals surface area contributed by atoms with Gasteiger partial charge in [-0.3, -0.25) is 9.48 Å². The second kappa shape index (κ2) is 7.89. The summed E-state index contributed by atoms with van der Waals surface area (Å²) in [7, 11) is 3.27. The normalized spacial score (nSPS) is 12.4. The summed E-state index contributed by atoms with van der Waals surface area (Å²) >= 11 is 0. The monoisotopic (exact) mass is 269 g/mol. The molecule has 0 aromatic carbocycles. The van der Waals surface area contributed by atoms with Crippen molar-refractivity contribution in [2.45, 2.75) is 44.9 Å². The van der Waals surface area contributed by atoms with E-state index in [1.165, 1.54) is 7.11 Å². The van der Waals surface area contributed by atoms with Crippen molar-refractivity contribution in [2.24, 2.45) is 7.05 Å². The minimum absolute atomic E-state index is 0.173. The summed E-state index contributed by atoms with van der Waals surface area (Å²) in [6.07, 6.45) is 3.63. The number of aromatic nitrogens is 3. The highest BCUT2D eigenvalue weighted by Gasteiger charge is 2.18. The van der Waals surface area contributed by atoms with Gasteiger partial charge in [0.15, 0.2) is 0 Å². The van der Waals surface area contributed by atoms with E-state index in [1.54, 1.807) is 4.68 Å². The van der Waals surface area contributed by atoms with Crippen molar-refractivity contribution in [1.29, 1.82) is 0 Å². The molecule has 0 saturated carbocycles. The summed E-state index contributed by atoms with van der Waals surface area (Å²) < 4.78 is 6.39. The Balaban J connectivity index is 2.61. The Bertz CT molecular complexity index is 404. The lowest BCUT2D eigenvalue weighted by Gasteiger charge is -2.14. The Morgan fingerprint density at radius 1 is 1.42 bits per heavy atom. The van der Waals surface area contributed by atoms with Gasteiger partial charge in [-0.05, 0) is 32.6 Å². The molecule has 0 bridgehead atoms. The number of esters is 1. The van der Waals surface area contributed by atoms with Crippen molar-refractivity contribution < 1.29 is 14.6 Å². The molecule has 19 heavy (non-hydrogen) atoms. The zero-order valence-corrected chi connectivity index (χ0v) is 11.9. The van der Waals surface area contributed by atoms with Crippen LogP contribution < -0.4 is 0 Å². The van der Waals surface area contributed by atoms with Gasteiger partial charge in [0.25, 0.3) is 0 Å². The minimum Gasteiger partial charge on any atom is -0.469 e.